The Kier molecular flexibility index (Phi) is 3.89. The molecular formula is C23H30N2O2. The first-order valence-corrected chi connectivity index (χ1v) is 10.6. The molecule has 27 heavy (non-hydrogen) atoms. The van der Waals surface area contributed by atoms with Gasteiger partial charge in [0.25, 0.3) is 0 Å². The van der Waals surface area contributed by atoms with Gasteiger partial charge in [-0.3, -0.25) is 14.5 Å². The lowest BCUT2D eigenvalue weighted by Crippen LogP contribution is -2.58. The maximum atomic E-state index is 13.2. The maximum absolute atomic E-state index is 13.2. The molecule has 0 aromatic heterocycles. The Balaban J connectivity index is 1.34. The highest BCUT2D eigenvalue weighted by Gasteiger charge is 2.53. The van der Waals surface area contributed by atoms with Crippen molar-refractivity contribution in [3.8, 4) is 0 Å². The predicted molar refractivity (Wildman–Crippen MR) is 105 cm³/mol. The number of fused-ring (bicyclic) bond motifs is 1. The number of benzene rings is 1. The molecule has 4 heteroatoms. The van der Waals surface area contributed by atoms with Gasteiger partial charge in [-0.25, -0.2) is 0 Å². The summed E-state index contributed by atoms with van der Waals surface area (Å²) in [6.07, 6.45) is 8.70. The molecule has 1 aliphatic heterocycles. The first-order chi connectivity index (χ1) is 12.9. The van der Waals surface area contributed by atoms with Crippen LogP contribution in [0.4, 0.5) is 5.69 Å². The van der Waals surface area contributed by atoms with Gasteiger partial charge in [0.05, 0.1) is 0 Å². The second-order valence-corrected chi connectivity index (χ2v) is 9.75. The average molecular weight is 367 g/mol. The molecule has 0 saturated heterocycles. The molecule has 0 spiro atoms. The molecule has 0 unspecified atom stereocenters. The van der Waals surface area contributed by atoms with Gasteiger partial charge in [-0.05, 0) is 80.2 Å². The largest absolute Gasteiger partial charge is 0.351 e. The number of carbonyl (C=O) groups excluding carboxylic acids is 2. The molecule has 4 nitrogen and oxygen atoms in total. The molecule has 5 aliphatic rings. The number of para-hydroxylation sites is 1. The average Bonchev–Trinajstić information content (AvgIpc) is 3.00. The van der Waals surface area contributed by atoms with Crippen LogP contribution < -0.4 is 10.2 Å². The molecule has 144 valence electrons. The van der Waals surface area contributed by atoms with Crippen molar-refractivity contribution >= 4 is 17.5 Å². The fraction of sp³-hybridized carbons (Fsp3) is 0.652. The van der Waals surface area contributed by atoms with Crippen LogP contribution >= 0.6 is 0 Å². The van der Waals surface area contributed by atoms with E-state index in [0.29, 0.717) is 6.42 Å². The molecular weight excluding hydrogens is 336 g/mol. The molecule has 1 heterocycles. The highest BCUT2D eigenvalue weighted by atomic mass is 16.2. The quantitative estimate of drug-likeness (QED) is 0.887. The number of nitrogens with zero attached hydrogens (tertiary/aromatic N) is 1. The van der Waals surface area contributed by atoms with Crippen molar-refractivity contribution < 1.29 is 9.59 Å². The summed E-state index contributed by atoms with van der Waals surface area (Å²) in [6.45, 7) is 3.77. The van der Waals surface area contributed by atoms with Crippen LogP contribution in [0.2, 0.25) is 0 Å². The van der Waals surface area contributed by atoms with Crippen molar-refractivity contribution in [3.05, 3.63) is 29.8 Å². The number of nitrogens with one attached hydrogen (secondary N) is 1. The number of anilines is 1. The van der Waals surface area contributed by atoms with Gasteiger partial charge in [-0.15, -0.1) is 0 Å². The van der Waals surface area contributed by atoms with Gasteiger partial charge in [0.2, 0.25) is 11.8 Å². The molecule has 4 bridgehead atoms. The minimum atomic E-state index is -0.406. The summed E-state index contributed by atoms with van der Waals surface area (Å²) in [6, 6.07) is 7.68. The molecule has 0 radical (unpaired) electrons. The SMILES string of the molecule is CC(=O)N1c2ccccc2C[C@@H]1C(=O)N[C@H](C)C12CC3CC(CC(C3)C1)C2. The highest BCUT2D eigenvalue weighted by molar-refractivity contribution is 6.02. The van der Waals surface area contributed by atoms with Gasteiger partial charge in [-0.2, -0.15) is 0 Å². The van der Waals surface area contributed by atoms with E-state index in [1.807, 2.05) is 24.3 Å². The molecule has 2 atom stereocenters. The molecule has 1 aromatic carbocycles. The first kappa shape index (κ1) is 17.3. The molecule has 4 aliphatic carbocycles. The van der Waals surface area contributed by atoms with Crippen LogP contribution in [0, 0.1) is 23.2 Å². The molecule has 1 aromatic rings. The fourth-order valence-corrected chi connectivity index (χ4v) is 7.16. The number of hydrogen-bond donors (Lipinski definition) is 1. The van der Waals surface area contributed by atoms with Gasteiger partial charge in [0, 0.05) is 25.1 Å². The summed E-state index contributed by atoms with van der Waals surface area (Å²) in [5, 5.41) is 3.37. The van der Waals surface area contributed by atoms with Crippen LogP contribution in [0.1, 0.15) is 57.9 Å². The maximum Gasteiger partial charge on any atom is 0.243 e. The van der Waals surface area contributed by atoms with Crippen LogP contribution in [0.25, 0.3) is 0 Å². The van der Waals surface area contributed by atoms with Crippen LogP contribution in [0.3, 0.4) is 0 Å². The second kappa shape index (κ2) is 6.08. The topological polar surface area (TPSA) is 49.4 Å². The van der Waals surface area contributed by atoms with E-state index in [-0.39, 0.29) is 23.3 Å². The minimum Gasteiger partial charge on any atom is -0.351 e. The summed E-state index contributed by atoms with van der Waals surface area (Å²) in [4.78, 5) is 27.2. The third kappa shape index (κ3) is 2.71. The summed E-state index contributed by atoms with van der Waals surface area (Å²) in [5.41, 5.74) is 2.28. The van der Waals surface area contributed by atoms with Crippen molar-refractivity contribution in [3.63, 3.8) is 0 Å². The predicted octanol–water partition coefficient (Wildman–Crippen LogP) is 3.69. The Bertz CT molecular complexity index is 751. The number of rotatable bonds is 3. The summed E-state index contributed by atoms with van der Waals surface area (Å²) < 4.78 is 0. The molecule has 4 fully saturated rings. The van der Waals surface area contributed by atoms with Crippen molar-refractivity contribution in [1.82, 2.24) is 5.32 Å². The van der Waals surface area contributed by atoms with E-state index < -0.39 is 6.04 Å². The standard InChI is InChI=1S/C23H30N2O2/c1-14(23-11-16-7-17(12-23)9-18(8-16)13-23)24-22(27)21-10-19-5-3-4-6-20(19)25(21)15(2)26/h3-6,14,16-18,21H,7-13H2,1-2H3,(H,24,27)/t14-,16?,17?,18?,21-,23?/m1/s1. The lowest BCUT2D eigenvalue weighted by atomic mass is 9.48. The van der Waals surface area contributed by atoms with Crippen LogP contribution in [0.15, 0.2) is 24.3 Å². The van der Waals surface area contributed by atoms with E-state index >= 15 is 0 Å². The molecule has 6 rings (SSSR count). The normalized spacial score (nSPS) is 37.2. The Morgan fingerprint density at radius 2 is 1.67 bits per heavy atom. The number of amides is 2. The number of carbonyl (C=O) groups is 2. The van der Waals surface area contributed by atoms with E-state index in [4.69, 9.17) is 0 Å². The minimum absolute atomic E-state index is 0.0182. The smallest absolute Gasteiger partial charge is 0.243 e. The van der Waals surface area contributed by atoms with Gasteiger partial charge in [0.1, 0.15) is 6.04 Å². The second-order valence-electron chi connectivity index (χ2n) is 9.75. The summed E-state index contributed by atoms with van der Waals surface area (Å²) in [7, 11) is 0. The van der Waals surface area contributed by atoms with Crippen molar-refractivity contribution in [2.24, 2.45) is 23.2 Å². The first-order valence-electron chi connectivity index (χ1n) is 10.6. The Labute approximate surface area is 161 Å². The van der Waals surface area contributed by atoms with E-state index in [0.717, 1.165) is 29.0 Å². The molecule has 4 saturated carbocycles. The van der Waals surface area contributed by atoms with Crippen molar-refractivity contribution in [2.45, 2.75) is 70.9 Å². The third-order valence-electron chi connectivity index (χ3n) is 7.98. The highest BCUT2D eigenvalue weighted by Crippen LogP contribution is 2.61. The Morgan fingerprint density at radius 3 is 2.26 bits per heavy atom. The van der Waals surface area contributed by atoms with Gasteiger partial charge in [0.15, 0.2) is 0 Å². The fourth-order valence-electron chi connectivity index (χ4n) is 7.16. The van der Waals surface area contributed by atoms with E-state index in [9.17, 15) is 9.59 Å². The zero-order valence-electron chi connectivity index (χ0n) is 16.4. The zero-order valence-corrected chi connectivity index (χ0v) is 16.4. The van der Waals surface area contributed by atoms with E-state index in [2.05, 4.69) is 12.2 Å². The van der Waals surface area contributed by atoms with Crippen LogP contribution in [-0.2, 0) is 16.0 Å². The summed E-state index contributed by atoms with van der Waals surface area (Å²) in [5.74, 6) is 2.59. The number of hydrogen-bond acceptors (Lipinski definition) is 2. The molecule has 2 amide bonds. The Hall–Kier alpha value is -1.84. The van der Waals surface area contributed by atoms with Gasteiger partial charge in [-0.1, -0.05) is 18.2 Å². The van der Waals surface area contributed by atoms with Crippen LogP contribution in [-0.4, -0.2) is 23.9 Å². The monoisotopic (exact) mass is 366 g/mol. The van der Waals surface area contributed by atoms with E-state index in [1.165, 1.54) is 38.5 Å². The zero-order chi connectivity index (χ0) is 18.8. The van der Waals surface area contributed by atoms with Gasteiger partial charge < -0.3 is 5.32 Å². The molecule has 1 N–H and O–H groups in total. The van der Waals surface area contributed by atoms with E-state index in [1.54, 1.807) is 11.8 Å². The Morgan fingerprint density at radius 1 is 1.07 bits per heavy atom. The van der Waals surface area contributed by atoms with Crippen molar-refractivity contribution in [1.29, 1.82) is 0 Å². The van der Waals surface area contributed by atoms with Crippen molar-refractivity contribution in [2.75, 3.05) is 4.90 Å². The lowest BCUT2D eigenvalue weighted by Gasteiger charge is -2.59. The van der Waals surface area contributed by atoms with Crippen LogP contribution in [0.5, 0.6) is 0 Å². The summed E-state index contributed by atoms with van der Waals surface area (Å²) >= 11 is 0. The van der Waals surface area contributed by atoms with Gasteiger partial charge >= 0.3 is 0 Å². The third-order valence-corrected chi connectivity index (χ3v) is 7.98. The lowest BCUT2D eigenvalue weighted by molar-refractivity contribution is -0.129.